The van der Waals surface area contributed by atoms with E-state index in [2.05, 4.69) is 33.0 Å². The molecule has 0 atom stereocenters. The van der Waals surface area contributed by atoms with Crippen LogP contribution in [0, 0.1) is 5.82 Å². The van der Waals surface area contributed by atoms with Crippen LogP contribution in [0.3, 0.4) is 0 Å². The zero-order valence-corrected chi connectivity index (χ0v) is 18.3. The summed E-state index contributed by atoms with van der Waals surface area (Å²) in [7, 11) is 1.65. The Hall–Kier alpha value is -2.98. The number of carbonyl (C=O) groups is 3. The Bertz CT molecular complexity index is 918. The van der Waals surface area contributed by atoms with Crippen molar-refractivity contribution in [3.8, 4) is 5.75 Å². The molecule has 2 N–H and O–H groups in total. The molecule has 1 aliphatic heterocycles. The van der Waals surface area contributed by atoms with Gasteiger partial charge in [0.1, 0.15) is 11.6 Å². The highest BCUT2D eigenvalue weighted by Gasteiger charge is 2.22. The van der Waals surface area contributed by atoms with Gasteiger partial charge in [0.15, 0.2) is 0 Å². The molecule has 31 heavy (non-hydrogen) atoms. The fourth-order valence-corrected chi connectivity index (χ4v) is 3.54. The molecule has 0 unspecified atom stereocenters. The first-order chi connectivity index (χ1) is 14.7. The predicted molar refractivity (Wildman–Crippen MR) is 114 cm³/mol. The fourth-order valence-electron chi connectivity index (χ4n) is 2.95. The molecule has 1 amide bonds. The molecule has 1 saturated heterocycles. The van der Waals surface area contributed by atoms with E-state index in [-0.39, 0.29) is 11.7 Å². The number of ether oxygens (including phenoxy) is 1. The van der Waals surface area contributed by atoms with E-state index in [9.17, 15) is 9.18 Å². The van der Waals surface area contributed by atoms with Crippen LogP contribution in [-0.2, 0) is 16.1 Å². The quantitative estimate of drug-likeness (QED) is 0.626. The fraction of sp³-hybridized carbons (Fsp3) is 0.286. The third kappa shape index (κ3) is 7.34. The first kappa shape index (κ1) is 24.3. The summed E-state index contributed by atoms with van der Waals surface area (Å²) in [6.07, 6.45) is 0. The number of piperazine rings is 1. The summed E-state index contributed by atoms with van der Waals surface area (Å²) < 4.78 is 19.2. The van der Waals surface area contributed by atoms with E-state index in [1.165, 1.54) is 17.7 Å². The SMILES string of the molecule is COc1ccc(CN2CCN(C(=O)c3ccc(F)cc3)CC2)cc1Br.O=C(O)C(=O)O. The monoisotopic (exact) mass is 496 g/mol. The van der Waals surface area contributed by atoms with Crippen molar-refractivity contribution in [2.24, 2.45) is 0 Å². The van der Waals surface area contributed by atoms with Crippen molar-refractivity contribution >= 4 is 33.8 Å². The summed E-state index contributed by atoms with van der Waals surface area (Å²) in [5.41, 5.74) is 1.74. The maximum atomic E-state index is 13.0. The van der Waals surface area contributed by atoms with E-state index in [4.69, 9.17) is 24.5 Å². The summed E-state index contributed by atoms with van der Waals surface area (Å²) in [6, 6.07) is 11.8. The van der Waals surface area contributed by atoms with E-state index in [0.717, 1.165) is 29.9 Å². The lowest BCUT2D eigenvalue weighted by molar-refractivity contribution is -0.159. The van der Waals surface area contributed by atoms with Gasteiger partial charge in [-0.2, -0.15) is 0 Å². The summed E-state index contributed by atoms with van der Waals surface area (Å²) in [6.45, 7) is 3.81. The van der Waals surface area contributed by atoms with Crippen molar-refractivity contribution in [3.63, 3.8) is 0 Å². The van der Waals surface area contributed by atoms with Crippen LogP contribution in [0.1, 0.15) is 15.9 Å². The number of amides is 1. The van der Waals surface area contributed by atoms with Crippen LogP contribution < -0.4 is 4.74 Å². The Morgan fingerprint density at radius 3 is 2.06 bits per heavy atom. The van der Waals surface area contributed by atoms with Gasteiger partial charge in [0, 0.05) is 38.3 Å². The Balaban J connectivity index is 0.000000501. The minimum absolute atomic E-state index is 0.0353. The van der Waals surface area contributed by atoms with E-state index in [0.29, 0.717) is 18.7 Å². The molecule has 2 aromatic rings. The number of halogens is 2. The molecule has 8 nitrogen and oxygen atoms in total. The Labute approximate surface area is 187 Å². The van der Waals surface area contributed by atoms with Gasteiger partial charge in [-0.1, -0.05) is 6.07 Å². The lowest BCUT2D eigenvalue weighted by Gasteiger charge is -2.34. The second-order valence-electron chi connectivity index (χ2n) is 6.65. The lowest BCUT2D eigenvalue weighted by atomic mass is 10.1. The molecular weight excluding hydrogens is 475 g/mol. The Morgan fingerprint density at radius 1 is 1.00 bits per heavy atom. The number of rotatable bonds is 4. The minimum atomic E-state index is -1.82. The number of nitrogens with zero attached hydrogens (tertiary/aromatic N) is 2. The van der Waals surface area contributed by atoms with E-state index in [1.807, 2.05) is 11.0 Å². The molecule has 1 aliphatic rings. The number of methoxy groups -OCH3 is 1. The first-order valence-electron chi connectivity index (χ1n) is 9.27. The van der Waals surface area contributed by atoms with Gasteiger partial charge >= 0.3 is 11.9 Å². The van der Waals surface area contributed by atoms with Crippen LogP contribution in [0.4, 0.5) is 4.39 Å². The molecule has 0 spiro atoms. The average molecular weight is 497 g/mol. The van der Waals surface area contributed by atoms with Crippen molar-refractivity contribution in [1.82, 2.24) is 9.80 Å². The summed E-state index contributed by atoms with van der Waals surface area (Å²) >= 11 is 3.51. The molecule has 0 aromatic heterocycles. The van der Waals surface area contributed by atoms with E-state index < -0.39 is 11.9 Å². The number of carboxylic acids is 2. The number of carboxylic acid groups (broad SMARTS) is 2. The highest BCUT2D eigenvalue weighted by atomic mass is 79.9. The molecule has 0 saturated carbocycles. The van der Waals surface area contributed by atoms with Gasteiger partial charge < -0.3 is 19.8 Å². The molecule has 1 fully saturated rings. The second kappa shape index (κ2) is 11.4. The van der Waals surface area contributed by atoms with Gasteiger partial charge in [0.25, 0.3) is 5.91 Å². The van der Waals surface area contributed by atoms with Crippen molar-refractivity contribution in [1.29, 1.82) is 0 Å². The van der Waals surface area contributed by atoms with Crippen molar-refractivity contribution < 1.29 is 33.7 Å². The largest absolute Gasteiger partial charge is 0.496 e. The Morgan fingerprint density at radius 2 is 1.58 bits per heavy atom. The van der Waals surface area contributed by atoms with Crippen LogP contribution in [0.5, 0.6) is 5.75 Å². The predicted octanol–water partition coefficient (Wildman–Crippen LogP) is 2.71. The van der Waals surface area contributed by atoms with E-state index in [1.54, 1.807) is 19.2 Å². The molecule has 166 valence electrons. The van der Waals surface area contributed by atoms with E-state index >= 15 is 0 Å². The summed E-state index contributed by atoms with van der Waals surface area (Å²) in [5, 5.41) is 14.8. The third-order valence-corrected chi connectivity index (χ3v) is 5.18. The normalized spacial score (nSPS) is 13.7. The topological polar surface area (TPSA) is 107 Å². The van der Waals surface area contributed by atoms with Gasteiger partial charge in [-0.3, -0.25) is 9.69 Å². The highest BCUT2D eigenvalue weighted by molar-refractivity contribution is 9.10. The van der Waals surface area contributed by atoms with Gasteiger partial charge in [0.05, 0.1) is 11.6 Å². The molecule has 0 radical (unpaired) electrons. The number of carbonyl (C=O) groups excluding carboxylic acids is 1. The summed E-state index contributed by atoms with van der Waals surface area (Å²) in [4.78, 5) is 34.8. The van der Waals surface area contributed by atoms with Gasteiger partial charge in [-0.25, -0.2) is 14.0 Å². The van der Waals surface area contributed by atoms with Crippen molar-refractivity contribution in [3.05, 3.63) is 63.9 Å². The number of benzene rings is 2. The molecule has 2 aromatic carbocycles. The van der Waals surface area contributed by atoms with Crippen molar-refractivity contribution in [2.45, 2.75) is 6.54 Å². The molecule has 3 rings (SSSR count). The van der Waals surface area contributed by atoms with Gasteiger partial charge in [-0.15, -0.1) is 0 Å². The maximum Gasteiger partial charge on any atom is 0.414 e. The molecule has 0 bridgehead atoms. The highest BCUT2D eigenvalue weighted by Crippen LogP contribution is 2.26. The zero-order chi connectivity index (χ0) is 23.0. The van der Waals surface area contributed by atoms with Crippen LogP contribution in [0.15, 0.2) is 46.9 Å². The maximum absolute atomic E-state index is 13.0. The second-order valence-corrected chi connectivity index (χ2v) is 7.51. The zero-order valence-electron chi connectivity index (χ0n) is 16.8. The van der Waals surface area contributed by atoms with Gasteiger partial charge in [-0.05, 0) is 57.9 Å². The van der Waals surface area contributed by atoms with Crippen molar-refractivity contribution in [2.75, 3.05) is 33.3 Å². The number of hydrogen-bond donors (Lipinski definition) is 2. The minimum Gasteiger partial charge on any atom is -0.496 e. The molecular formula is C21H22BrFN2O6. The first-order valence-corrected chi connectivity index (χ1v) is 10.1. The number of hydrogen-bond acceptors (Lipinski definition) is 5. The molecule has 0 aliphatic carbocycles. The molecule has 10 heteroatoms. The average Bonchev–Trinajstić information content (AvgIpc) is 2.75. The smallest absolute Gasteiger partial charge is 0.414 e. The van der Waals surface area contributed by atoms with Gasteiger partial charge in [0.2, 0.25) is 0 Å². The van der Waals surface area contributed by atoms with Crippen LogP contribution in [-0.4, -0.2) is 71.1 Å². The third-order valence-electron chi connectivity index (χ3n) is 4.56. The lowest BCUT2D eigenvalue weighted by Crippen LogP contribution is -2.48. The molecule has 1 heterocycles. The Kier molecular flexibility index (Phi) is 8.95. The number of aliphatic carboxylic acids is 2. The van der Waals surface area contributed by atoms with Crippen LogP contribution in [0.25, 0.3) is 0 Å². The summed E-state index contributed by atoms with van der Waals surface area (Å²) in [5.74, 6) is -3.19. The van der Waals surface area contributed by atoms with Crippen LogP contribution >= 0.6 is 15.9 Å². The van der Waals surface area contributed by atoms with Crippen LogP contribution in [0.2, 0.25) is 0 Å². The standard InChI is InChI=1S/C19H20BrFN2O2.C2H2O4/c1-25-18-7-2-14(12-17(18)20)13-22-8-10-23(11-9-22)19(24)15-3-5-16(21)6-4-15;3-1(4)2(5)6/h2-7,12H,8-11,13H2,1H3;(H,3,4)(H,5,6).